The largest absolute Gasteiger partial charge is 0.379 e. The van der Waals surface area contributed by atoms with E-state index in [9.17, 15) is 0 Å². The van der Waals surface area contributed by atoms with Crippen LogP contribution in [-0.2, 0) is 11.2 Å². The van der Waals surface area contributed by atoms with Crippen LogP contribution in [0.15, 0.2) is 6.33 Å². The molecule has 86 valence electrons. The third-order valence-electron chi connectivity index (χ3n) is 3.02. The molecule has 6 heteroatoms. The molecule has 0 radical (unpaired) electrons. The van der Waals surface area contributed by atoms with Crippen molar-refractivity contribution in [2.45, 2.75) is 6.42 Å². The third kappa shape index (κ3) is 1.65. The van der Waals surface area contributed by atoms with Crippen molar-refractivity contribution in [3.05, 3.63) is 17.0 Å². The number of hydrogen-bond donors (Lipinski definition) is 0. The summed E-state index contributed by atoms with van der Waals surface area (Å²) in [6.07, 6.45) is 2.45. The summed E-state index contributed by atoms with van der Waals surface area (Å²) in [6, 6.07) is 0. The van der Waals surface area contributed by atoms with Crippen molar-refractivity contribution in [3.63, 3.8) is 0 Å². The Hall–Kier alpha value is -0.910. The zero-order valence-electron chi connectivity index (χ0n) is 8.90. The van der Waals surface area contributed by atoms with Crippen LogP contribution in [-0.4, -0.2) is 47.8 Å². The number of aromatic nitrogens is 2. The first-order valence-corrected chi connectivity index (χ1v) is 5.83. The summed E-state index contributed by atoms with van der Waals surface area (Å²) < 4.78 is 5.34. The highest BCUT2D eigenvalue weighted by Gasteiger charge is 2.28. The van der Waals surface area contributed by atoms with E-state index >= 15 is 0 Å². The fourth-order valence-corrected chi connectivity index (χ4v) is 2.44. The van der Waals surface area contributed by atoms with E-state index in [1.807, 2.05) is 0 Å². The van der Waals surface area contributed by atoms with Crippen molar-refractivity contribution in [1.29, 1.82) is 0 Å². The first-order chi connectivity index (χ1) is 7.86. The predicted molar refractivity (Wildman–Crippen MR) is 60.5 cm³/mol. The van der Waals surface area contributed by atoms with Gasteiger partial charge in [-0.25, -0.2) is 15.0 Å². The molecule has 0 amide bonds. The highest BCUT2D eigenvalue weighted by Crippen LogP contribution is 2.30. The molecular formula is C10H13ClN4O. The summed E-state index contributed by atoms with van der Waals surface area (Å²) in [7, 11) is 0. The minimum Gasteiger partial charge on any atom is -0.379 e. The minimum atomic E-state index is 0.584. The van der Waals surface area contributed by atoms with Crippen LogP contribution >= 0.6 is 11.6 Å². The number of halogens is 1. The van der Waals surface area contributed by atoms with E-state index in [1.165, 1.54) is 6.33 Å². The molecule has 3 heterocycles. The smallest absolute Gasteiger partial charge is 0.151 e. The van der Waals surface area contributed by atoms with Crippen molar-refractivity contribution >= 4 is 17.4 Å². The summed E-state index contributed by atoms with van der Waals surface area (Å²) in [4.78, 5) is 8.34. The van der Waals surface area contributed by atoms with Gasteiger partial charge in [0.25, 0.3) is 0 Å². The second-order valence-electron chi connectivity index (χ2n) is 3.91. The Labute approximate surface area is 99.0 Å². The molecule has 0 saturated carbocycles. The van der Waals surface area contributed by atoms with Gasteiger partial charge in [0, 0.05) is 25.2 Å². The highest BCUT2D eigenvalue weighted by molar-refractivity contribution is 6.30. The van der Waals surface area contributed by atoms with Gasteiger partial charge in [0.05, 0.1) is 13.2 Å². The number of nitrogens with zero attached hydrogens (tertiary/aromatic N) is 4. The molecule has 5 nitrogen and oxygen atoms in total. The first kappa shape index (κ1) is 10.3. The summed E-state index contributed by atoms with van der Waals surface area (Å²) in [6.45, 7) is 4.34. The molecule has 0 bridgehead atoms. The van der Waals surface area contributed by atoms with Crippen molar-refractivity contribution in [3.8, 4) is 0 Å². The van der Waals surface area contributed by atoms with Gasteiger partial charge in [-0.1, -0.05) is 11.6 Å². The van der Waals surface area contributed by atoms with Crippen molar-refractivity contribution in [2.75, 3.05) is 37.9 Å². The van der Waals surface area contributed by atoms with E-state index in [4.69, 9.17) is 16.3 Å². The minimum absolute atomic E-state index is 0.584. The molecule has 1 aromatic heterocycles. The Morgan fingerprint density at radius 3 is 2.81 bits per heavy atom. The lowest BCUT2D eigenvalue weighted by molar-refractivity contribution is 0.0325. The summed E-state index contributed by atoms with van der Waals surface area (Å²) in [5.74, 6) is 0.960. The van der Waals surface area contributed by atoms with Gasteiger partial charge in [0.1, 0.15) is 11.5 Å². The second kappa shape index (κ2) is 4.16. The summed E-state index contributed by atoms with van der Waals surface area (Å²) in [5.41, 5.74) is 1.07. The normalized spacial score (nSPS) is 21.2. The predicted octanol–water partition coefficient (Wildman–Crippen LogP) is 0.740. The molecule has 0 unspecified atom stereocenters. The lowest BCUT2D eigenvalue weighted by Crippen LogP contribution is -2.48. The number of ether oxygens (including phenoxy) is 1. The second-order valence-corrected chi connectivity index (χ2v) is 4.26. The fourth-order valence-electron chi connectivity index (χ4n) is 2.21. The van der Waals surface area contributed by atoms with Gasteiger partial charge in [0.2, 0.25) is 0 Å². The maximum absolute atomic E-state index is 6.05. The van der Waals surface area contributed by atoms with Gasteiger partial charge < -0.3 is 4.74 Å². The topological polar surface area (TPSA) is 41.5 Å². The van der Waals surface area contributed by atoms with Crippen LogP contribution in [0.4, 0.5) is 5.82 Å². The lowest BCUT2D eigenvalue weighted by atomic mass is 10.3. The van der Waals surface area contributed by atoms with Crippen molar-refractivity contribution in [1.82, 2.24) is 15.0 Å². The number of anilines is 1. The van der Waals surface area contributed by atoms with Gasteiger partial charge in [-0.15, -0.1) is 0 Å². The van der Waals surface area contributed by atoms with Crippen LogP contribution in [0.5, 0.6) is 0 Å². The van der Waals surface area contributed by atoms with Crippen LogP contribution in [0, 0.1) is 0 Å². The average molecular weight is 241 g/mol. The van der Waals surface area contributed by atoms with E-state index in [-0.39, 0.29) is 0 Å². The highest BCUT2D eigenvalue weighted by atomic mass is 35.5. The SMILES string of the molecule is Clc1ncnc2c1CCN2N1CCOCC1. The fraction of sp³-hybridized carbons (Fsp3) is 0.600. The molecule has 16 heavy (non-hydrogen) atoms. The molecular weight excluding hydrogens is 228 g/mol. The molecule has 2 aliphatic heterocycles. The Bertz CT molecular complexity index is 394. The Kier molecular flexibility index (Phi) is 2.67. The maximum atomic E-state index is 6.05. The number of rotatable bonds is 1. The van der Waals surface area contributed by atoms with Gasteiger partial charge in [-0.2, -0.15) is 0 Å². The molecule has 0 spiro atoms. The molecule has 1 fully saturated rings. The van der Waals surface area contributed by atoms with Gasteiger partial charge >= 0.3 is 0 Å². The van der Waals surface area contributed by atoms with E-state index in [0.717, 1.165) is 50.7 Å². The number of fused-ring (bicyclic) bond motifs is 1. The standard InChI is InChI=1S/C10H13ClN4O/c11-9-8-1-2-15(10(8)13-7-12-9)14-3-5-16-6-4-14/h7H,1-6H2. The van der Waals surface area contributed by atoms with Gasteiger partial charge in [-0.05, 0) is 6.42 Å². The van der Waals surface area contributed by atoms with Crippen LogP contribution < -0.4 is 5.01 Å². The van der Waals surface area contributed by atoms with Crippen LogP contribution in [0.1, 0.15) is 5.56 Å². The van der Waals surface area contributed by atoms with Gasteiger partial charge in [0.15, 0.2) is 5.82 Å². The van der Waals surface area contributed by atoms with Crippen LogP contribution in [0.2, 0.25) is 5.15 Å². The molecule has 3 rings (SSSR count). The number of morpholine rings is 1. The zero-order chi connectivity index (χ0) is 11.0. The quantitative estimate of drug-likeness (QED) is 0.678. The molecule has 1 aromatic rings. The maximum Gasteiger partial charge on any atom is 0.151 e. The van der Waals surface area contributed by atoms with Crippen molar-refractivity contribution < 1.29 is 4.74 Å². The van der Waals surface area contributed by atoms with E-state index in [0.29, 0.717) is 5.15 Å². The monoisotopic (exact) mass is 240 g/mol. The van der Waals surface area contributed by atoms with Crippen molar-refractivity contribution in [2.24, 2.45) is 0 Å². The van der Waals surface area contributed by atoms with E-state index in [2.05, 4.69) is 20.0 Å². The zero-order valence-corrected chi connectivity index (χ0v) is 9.65. The third-order valence-corrected chi connectivity index (χ3v) is 3.34. The molecule has 1 saturated heterocycles. The molecule has 0 atom stereocenters. The van der Waals surface area contributed by atoms with E-state index in [1.54, 1.807) is 0 Å². The molecule has 0 aliphatic carbocycles. The summed E-state index contributed by atoms with van der Waals surface area (Å²) in [5, 5.41) is 5.06. The number of hydrogen-bond acceptors (Lipinski definition) is 5. The Morgan fingerprint density at radius 2 is 2.00 bits per heavy atom. The molecule has 2 aliphatic rings. The van der Waals surface area contributed by atoms with Crippen LogP contribution in [0.3, 0.4) is 0 Å². The first-order valence-electron chi connectivity index (χ1n) is 5.46. The van der Waals surface area contributed by atoms with Crippen LogP contribution in [0.25, 0.3) is 0 Å². The Morgan fingerprint density at radius 1 is 1.19 bits per heavy atom. The lowest BCUT2D eigenvalue weighted by Gasteiger charge is -2.35. The molecule has 0 aromatic carbocycles. The Balaban J connectivity index is 1.87. The average Bonchev–Trinajstić information content (AvgIpc) is 2.75. The molecule has 0 N–H and O–H groups in total. The van der Waals surface area contributed by atoms with Gasteiger partial charge in [-0.3, -0.25) is 5.01 Å². The van der Waals surface area contributed by atoms with E-state index < -0.39 is 0 Å². The number of hydrazine groups is 1. The summed E-state index contributed by atoms with van der Waals surface area (Å²) >= 11 is 6.05.